The van der Waals surface area contributed by atoms with Gasteiger partial charge in [-0.15, -0.1) is 0 Å². The summed E-state index contributed by atoms with van der Waals surface area (Å²) in [4.78, 5) is 35.8. The van der Waals surface area contributed by atoms with E-state index >= 15 is 0 Å². The van der Waals surface area contributed by atoms with Crippen molar-refractivity contribution in [2.75, 3.05) is 5.32 Å². The Morgan fingerprint density at radius 2 is 1.84 bits per heavy atom. The number of non-ortho nitro benzene ring substituents is 1. The predicted molar refractivity (Wildman–Crippen MR) is 124 cm³/mol. The van der Waals surface area contributed by atoms with E-state index < -0.39 is 10.8 Å². The average Bonchev–Trinajstić information content (AvgIpc) is 2.75. The second-order valence-corrected chi connectivity index (χ2v) is 7.99. The maximum absolute atomic E-state index is 12.2. The van der Waals surface area contributed by atoms with Crippen LogP contribution in [0.25, 0.3) is 0 Å². The van der Waals surface area contributed by atoms with Crippen molar-refractivity contribution in [3.8, 4) is 0 Å². The van der Waals surface area contributed by atoms with Gasteiger partial charge in [-0.2, -0.15) is 5.10 Å². The van der Waals surface area contributed by atoms with E-state index in [9.17, 15) is 19.7 Å². The number of anilines is 1. The normalized spacial score (nSPS) is 10.7. The zero-order valence-corrected chi connectivity index (χ0v) is 18.3. The third-order valence-electron chi connectivity index (χ3n) is 4.08. The van der Waals surface area contributed by atoms with Gasteiger partial charge < -0.3 is 5.32 Å². The van der Waals surface area contributed by atoms with Crippen LogP contribution in [-0.2, 0) is 4.79 Å². The van der Waals surface area contributed by atoms with Crippen LogP contribution >= 0.6 is 23.4 Å². The van der Waals surface area contributed by atoms with E-state index in [0.717, 1.165) is 4.90 Å². The summed E-state index contributed by atoms with van der Waals surface area (Å²) < 4.78 is 0. The summed E-state index contributed by atoms with van der Waals surface area (Å²) in [6.07, 6.45) is 1.33. The maximum atomic E-state index is 12.2. The van der Waals surface area contributed by atoms with Crippen LogP contribution in [-0.4, -0.2) is 23.0 Å². The SMILES string of the molecule is CC(=O)Nc1ccccc1Sc1ccc([N+](=O)[O-])cc1/C=N/NC(=O)c1cccc(Cl)c1. The smallest absolute Gasteiger partial charge is 0.271 e. The number of halogens is 1. The van der Waals surface area contributed by atoms with Crippen LogP contribution in [0.2, 0.25) is 5.02 Å². The highest BCUT2D eigenvalue weighted by molar-refractivity contribution is 7.99. The second-order valence-electron chi connectivity index (χ2n) is 6.47. The summed E-state index contributed by atoms with van der Waals surface area (Å²) in [7, 11) is 0. The number of nitro benzene ring substituents is 1. The van der Waals surface area contributed by atoms with Crippen molar-refractivity contribution in [2.45, 2.75) is 16.7 Å². The third-order valence-corrected chi connectivity index (χ3v) is 5.48. The molecule has 0 saturated heterocycles. The Labute approximate surface area is 192 Å². The highest BCUT2D eigenvalue weighted by Crippen LogP contribution is 2.36. The lowest BCUT2D eigenvalue weighted by atomic mass is 10.2. The van der Waals surface area contributed by atoms with Crippen molar-refractivity contribution in [3.05, 3.63) is 93.0 Å². The average molecular weight is 469 g/mol. The highest BCUT2D eigenvalue weighted by Gasteiger charge is 2.13. The number of nitro groups is 1. The van der Waals surface area contributed by atoms with Gasteiger partial charge in [0.1, 0.15) is 0 Å². The molecule has 2 N–H and O–H groups in total. The van der Waals surface area contributed by atoms with Crippen LogP contribution in [0, 0.1) is 10.1 Å². The summed E-state index contributed by atoms with van der Waals surface area (Å²) in [5, 5.41) is 18.3. The molecular formula is C22H17ClN4O4S. The van der Waals surface area contributed by atoms with Gasteiger partial charge in [0, 0.05) is 45.0 Å². The van der Waals surface area contributed by atoms with E-state index in [1.54, 1.807) is 36.4 Å². The van der Waals surface area contributed by atoms with Gasteiger partial charge in [-0.05, 0) is 36.4 Å². The number of hydrogen-bond acceptors (Lipinski definition) is 6. The molecule has 0 aliphatic rings. The standard InChI is InChI=1S/C22H17ClN4O4S/c1-14(28)25-19-7-2-3-8-21(19)32-20-10-9-18(27(30)31)12-16(20)13-24-26-22(29)15-5-4-6-17(23)11-15/h2-13H,1H3,(H,25,28)(H,26,29)/b24-13+. The zero-order valence-electron chi connectivity index (χ0n) is 16.7. The Kier molecular flexibility index (Phi) is 7.58. The largest absolute Gasteiger partial charge is 0.325 e. The van der Waals surface area contributed by atoms with Crippen molar-refractivity contribution in [3.63, 3.8) is 0 Å². The Morgan fingerprint density at radius 3 is 2.56 bits per heavy atom. The number of hydrogen-bond donors (Lipinski definition) is 2. The van der Waals surface area contributed by atoms with E-state index in [2.05, 4.69) is 15.8 Å². The number of benzene rings is 3. The summed E-state index contributed by atoms with van der Waals surface area (Å²) >= 11 is 7.20. The summed E-state index contributed by atoms with van der Waals surface area (Å²) in [5.74, 6) is -0.688. The molecule has 2 amide bonds. The van der Waals surface area contributed by atoms with Gasteiger partial charge in [0.25, 0.3) is 11.6 Å². The van der Waals surface area contributed by atoms with Crippen LogP contribution in [0.3, 0.4) is 0 Å². The number of nitrogens with zero attached hydrogens (tertiary/aromatic N) is 2. The number of carbonyl (C=O) groups is 2. The number of nitrogens with one attached hydrogen (secondary N) is 2. The molecule has 0 aromatic heterocycles. The van der Waals surface area contributed by atoms with Crippen LogP contribution in [0.1, 0.15) is 22.8 Å². The molecule has 8 nitrogen and oxygen atoms in total. The zero-order chi connectivity index (χ0) is 23.1. The molecule has 3 rings (SSSR count). The van der Waals surface area contributed by atoms with E-state index in [0.29, 0.717) is 26.7 Å². The molecule has 162 valence electrons. The summed E-state index contributed by atoms with van der Waals surface area (Å²) in [6, 6.07) is 17.9. The lowest BCUT2D eigenvalue weighted by Crippen LogP contribution is -2.17. The molecule has 0 aliphatic carbocycles. The quantitative estimate of drug-likeness (QED) is 0.284. The maximum Gasteiger partial charge on any atom is 0.271 e. The minimum Gasteiger partial charge on any atom is -0.325 e. The van der Waals surface area contributed by atoms with Crippen LogP contribution < -0.4 is 10.7 Å². The number of amides is 2. The first kappa shape index (κ1) is 23.0. The topological polar surface area (TPSA) is 114 Å². The molecule has 0 saturated carbocycles. The molecule has 3 aromatic carbocycles. The molecular weight excluding hydrogens is 452 g/mol. The molecule has 0 bridgehead atoms. The van der Waals surface area contributed by atoms with Gasteiger partial charge in [-0.25, -0.2) is 5.43 Å². The lowest BCUT2D eigenvalue weighted by molar-refractivity contribution is -0.384. The van der Waals surface area contributed by atoms with Crippen LogP contribution in [0.15, 0.2) is 81.6 Å². The van der Waals surface area contributed by atoms with Gasteiger partial charge in [0.15, 0.2) is 0 Å². The number of hydrazone groups is 1. The fourth-order valence-corrected chi connectivity index (χ4v) is 3.83. The Morgan fingerprint density at radius 1 is 1.06 bits per heavy atom. The lowest BCUT2D eigenvalue weighted by Gasteiger charge is -2.11. The van der Waals surface area contributed by atoms with E-state index in [4.69, 9.17) is 11.6 Å². The van der Waals surface area contributed by atoms with Gasteiger partial charge in [-0.3, -0.25) is 19.7 Å². The molecule has 0 atom stereocenters. The second kappa shape index (κ2) is 10.6. The molecule has 32 heavy (non-hydrogen) atoms. The molecule has 0 unspecified atom stereocenters. The minimum atomic E-state index is -0.512. The number of carbonyl (C=O) groups excluding carboxylic acids is 2. The van der Waals surface area contributed by atoms with Crippen LogP contribution in [0.4, 0.5) is 11.4 Å². The number of rotatable bonds is 7. The fraction of sp³-hybridized carbons (Fsp3) is 0.0455. The molecule has 0 fully saturated rings. The van der Waals surface area contributed by atoms with Gasteiger partial charge >= 0.3 is 0 Å². The molecule has 0 radical (unpaired) electrons. The Hall–Kier alpha value is -3.69. The van der Waals surface area contributed by atoms with E-state index in [1.165, 1.54) is 43.1 Å². The van der Waals surface area contributed by atoms with Crippen LogP contribution in [0.5, 0.6) is 0 Å². The van der Waals surface area contributed by atoms with Crippen molar-refractivity contribution >= 4 is 52.8 Å². The predicted octanol–water partition coefficient (Wildman–Crippen LogP) is 5.12. The monoisotopic (exact) mass is 468 g/mol. The number of para-hydroxylation sites is 1. The summed E-state index contributed by atoms with van der Waals surface area (Å²) in [6.45, 7) is 1.41. The van der Waals surface area contributed by atoms with E-state index in [-0.39, 0.29) is 11.6 Å². The minimum absolute atomic E-state index is 0.118. The molecule has 0 aliphatic heterocycles. The first-order chi connectivity index (χ1) is 15.3. The third kappa shape index (κ3) is 6.16. The Bertz CT molecular complexity index is 1220. The van der Waals surface area contributed by atoms with Gasteiger partial charge in [0.05, 0.1) is 16.8 Å². The van der Waals surface area contributed by atoms with Gasteiger partial charge in [-0.1, -0.05) is 41.6 Å². The molecule has 3 aromatic rings. The summed E-state index contributed by atoms with van der Waals surface area (Å²) in [5.41, 5.74) is 3.63. The molecule has 0 heterocycles. The van der Waals surface area contributed by atoms with Crippen molar-refractivity contribution in [1.29, 1.82) is 0 Å². The van der Waals surface area contributed by atoms with Gasteiger partial charge in [0.2, 0.25) is 5.91 Å². The van der Waals surface area contributed by atoms with E-state index in [1.807, 2.05) is 12.1 Å². The fourth-order valence-electron chi connectivity index (χ4n) is 2.66. The van der Waals surface area contributed by atoms with Crippen molar-refractivity contribution < 1.29 is 14.5 Å². The Balaban J connectivity index is 1.87. The first-order valence-electron chi connectivity index (χ1n) is 9.25. The molecule has 0 spiro atoms. The van der Waals surface area contributed by atoms with Crippen molar-refractivity contribution in [2.24, 2.45) is 5.10 Å². The first-order valence-corrected chi connectivity index (χ1v) is 10.4. The highest BCUT2D eigenvalue weighted by atomic mass is 35.5. The molecule has 10 heteroatoms. The van der Waals surface area contributed by atoms with Crippen molar-refractivity contribution in [1.82, 2.24) is 5.43 Å².